The van der Waals surface area contributed by atoms with Crippen LogP contribution in [0.4, 0.5) is 0 Å². The fraction of sp³-hybridized carbons (Fsp3) is 0.632. The maximum absolute atomic E-state index is 12.4. The first-order valence-corrected chi connectivity index (χ1v) is 8.94. The molecule has 0 unspecified atom stereocenters. The van der Waals surface area contributed by atoms with Crippen molar-refractivity contribution >= 4 is 5.91 Å². The second-order valence-corrected chi connectivity index (χ2v) is 7.24. The van der Waals surface area contributed by atoms with Gasteiger partial charge in [0.15, 0.2) is 0 Å². The van der Waals surface area contributed by atoms with E-state index in [1.807, 2.05) is 4.90 Å². The number of amides is 1. The second kappa shape index (κ2) is 7.02. The van der Waals surface area contributed by atoms with Gasteiger partial charge in [-0.3, -0.25) is 9.69 Å². The lowest BCUT2D eigenvalue weighted by molar-refractivity contribution is -0.139. The Morgan fingerprint density at radius 1 is 1.17 bits per heavy atom. The van der Waals surface area contributed by atoms with Crippen LogP contribution < -0.4 is 5.73 Å². The Kier molecular flexibility index (Phi) is 5.02. The summed E-state index contributed by atoms with van der Waals surface area (Å²) in [4.78, 5) is 17.0. The molecule has 0 radical (unpaired) electrons. The van der Waals surface area contributed by atoms with Crippen molar-refractivity contribution in [2.75, 3.05) is 19.6 Å². The molecule has 4 heteroatoms. The number of carbonyl (C=O) groups is 1. The van der Waals surface area contributed by atoms with Crippen molar-refractivity contribution in [3.05, 3.63) is 35.9 Å². The van der Waals surface area contributed by atoms with Gasteiger partial charge in [-0.15, -0.1) is 0 Å². The van der Waals surface area contributed by atoms with Gasteiger partial charge in [-0.1, -0.05) is 49.6 Å². The van der Waals surface area contributed by atoms with Crippen LogP contribution in [0.25, 0.3) is 0 Å². The van der Waals surface area contributed by atoms with Gasteiger partial charge in [0.2, 0.25) is 5.91 Å². The standard InChI is InChI=1S/C19H29N3O/c1-16(20)18(23)21-12-13-22(14-17-8-4-2-5-9-17)19(15-21)10-6-3-7-11-19/h2,4-5,8-9,16H,3,6-7,10-15,20H2,1H3/t16-/m1/s1. The topological polar surface area (TPSA) is 49.6 Å². The van der Waals surface area contributed by atoms with E-state index in [1.165, 1.54) is 37.7 Å². The van der Waals surface area contributed by atoms with E-state index in [2.05, 4.69) is 35.2 Å². The molecule has 4 nitrogen and oxygen atoms in total. The van der Waals surface area contributed by atoms with Crippen LogP contribution in [0, 0.1) is 0 Å². The summed E-state index contributed by atoms with van der Waals surface area (Å²) in [5.41, 5.74) is 7.35. The Morgan fingerprint density at radius 3 is 2.52 bits per heavy atom. The minimum absolute atomic E-state index is 0.106. The first-order valence-electron chi connectivity index (χ1n) is 8.94. The Labute approximate surface area is 139 Å². The molecule has 1 spiro atoms. The van der Waals surface area contributed by atoms with Crippen LogP contribution in [0.15, 0.2) is 30.3 Å². The fourth-order valence-corrected chi connectivity index (χ4v) is 4.22. The highest BCUT2D eigenvalue weighted by Gasteiger charge is 2.43. The third-order valence-electron chi connectivity index (χ3n) is 5.50. The third kappa shape index (κ3) is 3.59. The van der Waals surface area contributed by atoms with Crippen molar-refractivity contribution in [2.24, 2.45) is 5.73 Å². The molecule has 0 aromatic heterocycles. The van der Waals surface area contributed by atoms with Gasteiger partial charge in [-0.05, 0) is 25.3 Å². The van der Waals surface area contributed by atoms with Gasteiger partial charge in [0, 0.05) is 31.7 Å². The average molecular weight is 315 g/mol. The van der Waals surface area contributed by atoms with Crippen molar-refractivity contribution in [1.82, 2.24) is 9.80 Å². The zero-order chi connectivity index (χ0) is 16.3. The van der Waals surface area contributed by atoms with Crippen LogP contribution in [-0.4, -0.2) is 46.9 Å². The molecule has 1 aliphatic carbocycles. The molecule has 2 fully saturated rings. The van der Waals surface area contributed by atoms with E-state index >= 15 is 0 Å². The van der Waals surface area contributed by atoms with Gasteiger partial charge < -0.3 is 10.6 Å². The summed E-state index contributed by atoms with van der Waals surface area (Å²) in [6, 6.07) is 10.3. The van der Waals surface area contributed by atoms with Crippen LogP contribution in [0.5, 0.6) is 0 Å². The number of carbonyl (C=O) groups excluding carboxylic acids is 1. The summed E-state index contributed by atoms with van der Waals surface area (Å²) < 4.78 is 0. The molecule has 23 heavy (non-hydrogen) atoms. The lowest BCUT2D eigenvalue weighted by Gasteiger charge is -2.53. The summed E-state index contributed by atoms with van der Waals surface area (Å²) in [5.74, 6) is 0.106. The molecule has 1 aliphatic heterocycles. The lowest BCUT2D eigenvalue weighted by Crippen LogP contribution is -2.64. The Bertz CT molecular complexity index is 523. The van der Waals surface area contributed by atoms with Crippen molar-refractivity contribution in [1.29, 1.82) is 0 Å². The van der Waals surface area contributed by atoms with Gasteiger partial charge in [-0.25, -0.2) is 0 Å². The Morgan fingerprint density at radius 2 is 1.87 bits per heavy atom. The molecule has 126 valence electrons. The minimum atomic E-state index is -0.392. The number of nitrogens with two attached hydrogens (primary N) is 1. The van der Waals surface area contributed by atoms with E-state index in [1.54, 1.807) is 6.92 Å². The monoisotopic (exact) mass is 315 g/mol. The normalized spacial score (nSPS) is 23.0. The SMILES string of the molecule is C[C@@H](N)C(=O)N1CCN(Cc2ccccc2)C2(CCCCC2)C1. The molecule has 1 saturated heterocycles. The summed E-state index contributed by atoms with van der Waals surface area (Å²) in [6.45, 7) is 5.38. The molecule has 2 aliphatic rings. The molecular weight excluding hydrogens is 286 g/mol. The summed E-state index contributed by atoms with van der Waals surface area (Å²) >= 11 is 0. The summed E-state index contributed by atoms with van der Waals surface area (Å²) in [6.07, 6.45) is 6.25. The van der Waals surface area contributed by atoms with Crippen LogP contribution >= 0.6 is 0 Å². The van der Waals surface area contributed by atoms with Crippen LogP contribution in [-0.2, 0) is 11.3 Å². The van der Waals surface area contributed by atoms with E-state index in [4.69, 9.17) is 5.73 Å². The molecule has 1 heterocycles. The number of benzene rings is 1. The predicted octanol–water partition coefficient (Wildman–Crippen LogP) is 2.38. The van der Waals surface area contributed by atoms with E-state index in [0.717, 1.165) is 26.2 Å². The number of nitrogens with zero attached hydrogens (tertiary/aromatic N) is 2. The minimum Gasteiger partial charge on any atom is -0.338 e. The lowest BCUT2D eigenvalue weighted by atomic mass is 9.78. The fourth-order valence-electron chi connectivity index (χ4n) is 4.22. The highest BCUT2D eigenvalue weighted by Crippen LogP contribution is 2.37. The number of piperazine rings is 1. The number of rotatable bonds is 3. The van der Waals surface area contributed by atoms with Gasteiger partial charge in [0.1, 0.15) is 0 Å². The molecule has 3 rings (SSSR count). The maximum Gasteiger partial charge on any atom is 0.239 e. The molecule has 1 atom stereocenters. The van der Waals surface area contributed by atoms with Gasteiger partial charge >= 0.3 is 0 Å². The quantitative estimate of drug-likeness (QED) is 0.932. The Balaban J connectivity index is 1.78. The first-order chi connectivity index (χ1) is 11.1. The zero-order valence-electron chi connectivity index (χ0n) is 14.2. The molecule has 2 N–H and O–H groups in total. The van der Waals surface area contributed by atoms with E-state index in [0.29, 0.717) is 0 Å². The van der Waals surface area contributed by atoms with Crippen LogP contribution in [0.2, 0.25) is 0 Å². The van der Waals surface area contributed by atoms with E-state index in [-0.39, 0.29) is 11.4 Å². The molecule has 1 aromatic rings. The van der Waals surface area contributed by atoms with Gasteiger partial charge in [0.25, 0.3) is 0 Å². The van der Waals surface area contributed by atoms with Crippen molar-refractivity contribution in [3.8, 4) is 0 Å². The van der Waals surface area contributed by atoms with E-state index < -0.39 is 6.04 Å². The molecule has 1 aromatic carbocycles. The van der Waals surface area contributed by atoms with Crippen molar-refractivity contribution in [2.45, 2.75) is 57.2 Å². The highest BCUT2D eigenvalue weighted by molar-refractivity contribution is 5.81. The molecule has 1 saturated carbocycles. The molecular formula is C19H29N3O. The largest absolute Gasteiger partial charge is 0.338 e. The third-order valence-corrected chi connectivity index (χ3v) is 5.50. The first kappa shape index (κ1) is 16.5. The second-order valence-electron chi connectivity index (χ2n) is 7.24. The van der Waals surface area contributed by atoms with Gasteiger partial charge in [0.05, 0.1) is 6.04 Å². The van der Waals surface area contributed by atoms with Crippen molar-refractivity contribution < 1.29 is 4.79 Å². The van der Waals surface area contributed by atoms with Gasteiger partial charge in [-0.2, -0.15) is 0 Å². The highest BCUT2D eigenvalue weighted by atomic mass is 16.2. The summed E-state index contributed by atoms with van der Waals surface area (Å²) in [7, 11) is 0. The molecule has 0 bridgehead atoms. The summed E-state index contributed by atoms with van der Waals surface area (Å²) in [5, 5.41) is 0. The van der Waals surface area contributed by atoms with E-state index in [9.17, 15) is 4.79 Å². The Hall–Kier alpha value is -1.39. The van der Waals surface area contributed by atoms with Crippen LogP contribution in [0.3, 0.4) is 0 Å². The maximum atomic E-state index is 12.4. The van der Waals surface area contributed by atoms with Crippen molar-refractivity contribution in [3.63, 3.8) is 0 Å². The average Bonchev–Trinajstić information content (AvgIpc) is 2.58. The zero-order valence-corrected chi connectivity index (χ0v) is 14.2. The number of hydrogen-bond acceptors (Lipinski definition) is 3. The predicted molar refractivity (Wildman–Crippen MR) is 92.9 cm³/mol. The molecule has 1 amide bonds. The van der Waals surface area contributed by atoms with Crippen LogP contribution in [0.1, 0.15) is 44.6 Å². The smallest absolute Gasteiger partial charge is 0.239 e. The number of hydrogen-bond donors (Lipinski definition) is 1.